The molecule has 0 aromatic heterocycles. The lowest BCUT2D eigenvalue weighted by atomic mass is 10.1. The Morgan fingerprint density at radius 1 is 1.25 bits per heavy atom. The van der Waals surface area contributed by atoms with E-state index in [1.165, 1.54) is 6.07 Å². The van der Waals surface area contributed by atoms with Gasteiger partial charge in [-0.1, -0.05) is 18.2 Å². The second-order valence-electron chi connectivity index (χ2n) is 4.65. The number of aliphatic hydroxyl groups is 1. The van der Waals surface area contributed by atoms with Crippen LogP contribution in [0, 0.1) is 5.82 Å². The zero-order valence-corrected chi connectivity index (χ0v) is 9.96. The summed E-state index contributed by atoms with van der Waals surface area (Å²) in [5.74, 6) is -0.146. The number of benzene rings is 1. The van der Waals surface area contributed by atoms with Gasteiger partial charge < -0.3 is 10.4 Å². The van der Waals surface area contributed by atoms with E-state index in [-0.39, 0.29) is 5.82 Å². The van der Waals surface area contributed by atoms with Gasteiger partial charge in [0, 0.05) is 0 Å². The van der Waals surface area contributed by atoms with Crippen molar-refractivity contribution in [3.63, 3.8) is 0 Å². The summed E-state index contributed by atoms with van der Waals surface area (Å²) in [4.78, 5) is 0. The Hall–Kier alpha value is -0.930. The van der Waals surface area contributed by atoms with E-state index < -0.39 is 5.60 Å². The highest BCUT2D eigenvalue weighted by atomic mass is 19.1. The normalized spacial score (nSPS) is 11.8. The van der Waals surface area contributed by atoms with Gasteiger partial charge in [-0.2, -0.15) is 0 Å². The number of rotatable bonds is 6. The fraction of sp³-hybridized carbons (Fsp3) is 0.538. The van der Waals surface area contributed by atoms with Gasteiger partial charge in [0.25, 0.3) is 0 Å². The van der Waals surface area contributed by atoms with Gasteiger partial charge in [0.05, 0.1) is 5.60 Å². The van der Waals surface area contributed by atoms with Crippen molar-refractivity contribution < 1.29 is 9.50 Å². The first-order chi connectivity index (χ1) is 7.49. The summed E-state index contributed by atoms with van der Waals surface area (Å²) in [6.45, 7) is 5.05. The van der Waals surface area contributed by atoms with Crippen LogP contribution in [0.3, 0.4) is 0 Å². The molecule has 0 saturated carbocycles. The van der Waals surface area contributed by atoms with E-state index in [0.717, 1.165) is 18.7 Å². The van der Waals surface area contributed by atoms with E-state index in [9.17, 15) is 9.50 Å². The molecule has 0 amide bonds. The second kappa shape index (κ2) is 5.97. The predicted octanol–water partition coefficient (Wildman–Crippen LogP) is 2.12. The fourth-order valence-corrected chi connectivity index (χ4v) is 1.44. The Balaban J connectivity index is 2.19. The minimum atomic E-state index is -0.634. The fourth-order valence-electron chi connectivity index (χ4n) is 1.44. The van der Waals surface area contributed by atoms with Crippen molar-refractivity contribution in [2.24, 2.45) is 0 Å². The largest absolute Gasteiger partial charge is 0.390 e. The summed E-state index contributed by atoms with van der Waals surface area (Å²) in [6, 6.07) is 6.81. The highest BCUT2D eigenvalue weighted by Crippen LogP contribution is 2.07. The zero-order chi connectivity index (χ0) is 12.0. The van der Waals surface area contributed by atoms with Crippen LogP contribution < -0.4 is 5.32 Å². The van der Waals surface area contributed by atoms with Crippen molar-refractivity contribution in [2.45, 2.75) is 32.3 Å². The zero-order valence-electron chi connectivity index (χ0n) is 9.96. The molecule has 0 bridgehead atoms. The molecule has 90 valence electrons. The average molecular weight is 225 g/mol. The first-order valence-corrected chi connectivity index (χ1v) is 5.65. The van der Waals surface area contributed by atoms with Crippen molar-refractivity contribution in [1.29, 1.82) is 0 Å². The predicted molar refractivity (Wildman–Crippen MR) is 63.9 cm³/mol. The molecule has 0 unspecified atom stereocenters. The van der Waals surface area contributed by atoms with Crippen LogP contribution >= 0.6 is 0 Å². The quantitative estimate of drug-likeness (QED) is 0.727. The Bertz CT molecular complexity index is 320. The maximum Gasteiger partial charge on any atom is 0.126 e. The van der Waals surface area contributed by atoms with Gasteiger partial charge in [-0.05, 0) is 51.4 Å². The maximum absolute atomic E-state index is 13.2. The molecular formula is C13H20FNO. The van der Waals surface area contributed by atoms with Crippen LogP contribution in [0.2, 0.25) is 0 Å². The van der Waals surface area contributed by atoms with Crippen LogP contribution in [0.15, 0.2) is 24.3 Å². The topological polar surface area (TPSA) is 32.3 Å². The van der Waals surface area contributed by atoms with Crippen LogP contribution in [0.5, 0.6) is 0 Å². The minimum absolute atomic E-state index is 0.146. The molecule has 0 spiro atoms. The third-order valence-electron chi connectivity index (χ3n) is 2.44. The summed E-state index contributed by atoms with van der Waals surface area (Å²) in [6.07, 6.45) is 1.38. The van der Waals surface area contributed by atoms with Crippen LogP contribution in [0.25, 0.3) is 0 Å². The Kier molecular flexibility index (Phi) is 4.90. The van der Waals surface area contributed by atoms with Gasteiger partial charge in [-0.3, -0.25) is 0 Å². The molecule has 1 aromatic carbocycles. The van der Waals surface area contributed by atoms with Gasteiger partial charge in [0.15, 0.2) is 0 Å². The molecule has 1 aromatic rings. The summed E-state index contributed by atoms with van der Waals surface area (Å²) in [5, 5.41) is 12.7. The SMILES string of the molecule is CC(C)(O)CCNCCc1ccccc1F. The van der Waals surface area contributed by atoms with Gasteiger partial charge in [0.2, 0.25) is 0 Å². The number of hydrogen-bond donors (Lipinski definition) is 2. The third-order valence-corrected chi connectivity index (χ3v) is 2.44. The van der Waals surface area contributed by atoms with Gasteiger partial charge in [0.1, 0.15) is 5.82 Å². The summed E-state index contributed by atoms with van der Waals surface area (Å²) in [5.41, 5.74) is 0.101. The maximum atomic E-state index is 13.2. The lowest BCUT2D eigenvalue weighted by Gasteiger charge is -2.16. The van der Waals surface area contributed by atoms with Gasteiger partial charge in [-0.25, -0.2) is 4.39 Å². The van der Waals surface area contributed by atoms with Crippen molar-refractivity contribution in [2.75, 3.05) is 13.1 Å². The Morgan fingerprint density at radius 2 is 1.94 bits per heavy atom. The molecule has 0 fully saturated rings. The highest BCUT2D eigenvalue weighted by Gasteiger charge is 2.10. The van der Waals surface area contributed by atoms with E-state index in [4.69, 9.17) is 0 Å². The number of hydrogen-bond acceptors (Lipinski definition) is 2. The minimum Gasteiger partial charge on any atom is -0.390 e. The van der Waals surface area contributed by atoms with Crippen LogP contribution in [-0.4, -0.2) is 23.8 Å². The van der Waals surface area contributed by atoms with Crippen molar-refractivity contribution in [3.8, 4) is 0 Å². The lowest BCUT2D eigenvalue weighted by molar-refractivity contribution is 0.0713. The van der Waals surface area contributed by atoms with E-state index in [2.05, 4.69) is 5.32 Å². The number of nitrogens with one attached hydrogen (secondary N) is 1. The van der Waals surface area contributed by atoms with E-state index in [1.807, 2.05) is 6.07 Å². The molecule has 2 N–H and O–H groups in total. The van der Waals surface area contributed by atoms with Crippen molar-refractivity contribution >= 4 is 0 Å². The first kappa shape index (κ1) is 13.1. The molecule has 0 aliphatic rings. The van der Waals surface area contributed by atoms with E-state index in [1.54, 1.807) is 26.0 Å². The molecule has 16 heavy (non-hydrogen) atoms. The lowest BCUT2D eigenvalue weighted by Crippen LogP contribution is -2.27. The Morgan fingerprint density at radius 3 is 2.56 bits per heavy atom. The van der Waals surface area contributed by atoms with Crippen molar-refractivity contribution in [3.05, 3.63) is 35.6 Å². The van der Waals surface area contributed by atoms with Crippen LogP contribution in [0.4, 0.5) is 4.39 Å². The van der Waals surface area contributed by atoms with Gasteiger partial charge >= 0.3 is 0 Å². The average Bonchev–Trinajstić information content (AvgIpc) is 2.18. The first-order valence-electron chi connectivity index (χ1n) is 5.65. The molecule has 2 nitrogen and oxygen atoms in total. The smallest absolute Gasteiger partial charge is 0.126 e. The molecule has 0 atom stereocenters. The van der Waals surface area contributed by atoms with E-state index in [0.29, 0.717) is 12.8 Å². The molecule has 0 aliphatic carbocycles. The standard InChI is InChI=1S/C13H20FNO/c1-13(2,16)8-10-15-9-7-11-5-3-4-6-12(11)14/h3-6,15-16H,7-10H2,1-2H3. The molecule has 1 rings (SSSR count). The summed E-state index contributed by atoms with van der Waals surface area (Å²) >= 11 is 0. The summed E-state index contributed by atoms with van der Waals surface area (Å²) < 4.78 is 13.2. The van der Waals surface area contributed by atoms with E-state index >= 15 is 0 Å². The second-order valence-corrected chi connectivity index (χ2v) is 4.65. The molecule has 3 heteroatoms. The molecule has 0 saturated heterocycles. The number of halogens is 1. The monoisotopic (exact) mass is 225 g/mol. The van der Waals surface area contributed by atoms with Crippen LogP contribution in [0.1, 0.15) is 25.8 Å². The summed E-state index contributed by atoms with van der Waals surface area (Å²) in [7, 11) is 0. The molecule has 0 heterocycles. The van der Waals surface area contributed by atoms with Crippen LogP contribution in [-0.2, 0) is 6.42 Å². The molecule has 0 aliphatic heterocycles. The Labute approximate surface area is 96.5 Å². The molecular weight excluding hydrogens is 205 g/mol. The third kappa shape index (κ3) is 5.24. The highest BCUT2D eigenvalue weighted by molar-refractivity contribution is 5.17. The van der Waals surface area contributed by atoms with Crippen molar-refractivity contribution in [1.82, 2.24) is 5.32 Å². The van der Waals surface area contributed by atoms with Gasteiger partial charge in [-0.15, -0.1) is 0 Å². The molecule has 0 radical (unpaired) electrons.